The highest BCUT2D eigenvalue weighted by Gasteiger charge is 2.13. The fourth-order valence-electron chi connectivity index (χ4n) is 2.91. The Hall–Kier alpha value is -3.15. The number of hydrogen-bond acceptors (Lipinski definition) is 5. The molecule has 3 aromatic rings. The van der Waals surface area contributed by atoms with E-state index < -0.39 is 0 Å². The summed E-state index contributed by atoms with van der Waals surface area (Å²) in [4.78, 5) is 12.3. The molecule has 1 heterocycles. The van der Waals surface area contributed by atoms with Gasteiger partial charge in [-0.25, -0.2) is 0 Å². The van der Waals surface area contributed by atoms with Crippen molar-refractivity contribution in [1.29, 1.82) is 0 Å². The maximum atomic E-state index is 12.3. The summed E-state index contributed by atoms with van der Waals surface area (Å²) in [5.74, 6) is 1.65. The molecule has 0 aliphatic heterocycles. The summed E-state index contributed by atoms with van der Waals surface area (Å²) in [7, 11) is 0. The van der Waals surface area contributed by atoms with Crippen LogP contribution in [-0.2, 0) is 11.2 Å². The average molecular weight is 393 g/mol. The van der Waals surface area contributed by atoms with Crippen molar-refractivity contribution in [3.8, 4) is 17.2 Å². The van der Waals surface area contributed by atoms with Gasteiger partial charge in [-0.2, -0.15) is 0 Å². The second kappa shape index (κ2) is 9.37. The molecule has 29 heavy (non-hydrogen) atoms. The van der Waals surface area contributed by atoms with Gasteiger partial charge in [0, 0.05) is 18.4 Å². The number of carbonyl (C=O) groups is 1. The minimum absolute atomic E-state index is 0.0669. The van der Waals surface area contributed by atoms with Crippen molar-refractivity contribution < 1.29 is 13.9 Å². The molecule has 1 N–H and O–H groups in total. The zero-order chi connectivity index (χ0) is 20.8. The number of aryl methyl sites for hydroxylation is 2. The van der Waals surface area contributed by atoms with Crippen LogP contribution in [-0.4, -0.2) is 22.2 Å². The predicted molar refractivity (Wildman–Crippen MR) is 112 cm³/mol. The largest absolute Gasteiger partial charge is 0.491 e. The first-order valence-electron chi connectivity index (χ1n) is 9.86. The highest BCUT2D eigenvalue weighted by atomic mass is 16.5. The second-order valence-corrected chi connectivity index (χ2v) is 7.40. The molecule has 0 spiro atoms. The average Bonchev–Trinajstić information content (AvgIpc) is 3.15. The van der Waals surface area contributed by atoms with Gasteiger partial charge in [0.15, 0.2) is 0 Å². The lowest BCUT2D eigenvalue weighted by molar-refractivity contribution is -0.121. The quantitative estimate of drug-likeness (QED) is 0.603. The lowest BCUT2D eigenvalue weighted by atomic mass is 10.1. The fourth-order valence-corrected chi connectivity index (χ4v) is 2.91. The molecule has 152 valence electrons. The van der Waals surface area contributed by atoms with E-state index in [0.717, 1.165) is 16.9 Å². The van der Waals surface area contributed by atoms with Gasteiger partial charge in [-0.1, -0.05) is 29.8 Å². The molecule has 6 heteroatoms. The van der Waals surface area contributed by atoms with E-state index in [4.69, 9.17) is 9.15 Å². The first-order valence-corrected chi connectivity index (χ1v) is 9.86. The molecular formula is C23H27N3O3. The lowest BCUT2D eigenvalue weighted by Crippen LogP contribution is -2.26. The molecule has 3 rings (SSSR count). The van der Waals surface area contributed by atoms with Gasteiger partial charge in [-0.15, -0.1) is 10.2 Å². The number of benzene rings is 2. The Labute approximate surface area is 171 Å². The van der Waals surface area contributed by atoms with E-state index in [-0.39, 0.29) is 24.5 Å². The van der Waals surface area contributed by atoms with Crippen molar-refractivity contribution in [2.45, 2.75) is 52.7 Å². The maximum absolute atomic E-state index is 12.3. The lowest BCUT2D eigenvalue weighted by Gasteiger charge is -2.16. The third-order valence-electron chi connectivity index (χ3n) is 4.44. The standard InChI is InChI=1S/C23H27N3O3/c1-15(2)28-20-7-5-6-19(14-20)17(4)24-21(27)12-13-22-25-26-23(29-22)18-10-8-16(3)9-11-18/h5-11,14-15,17H,12-13H2,1-4H3,(H,24,27). The van der Waals surface area contributed by atoms with E-state index in [1.807, 2.05) is 76.2 Å². The molecule has 0 saturated heterocycles. The van der Waals surface area contributed by atoms with Crippen molar-refractivity contribution in [1.82, 2.24) is 15.5 Å². The first-order chi connectivity index (χ1) is 13.9. The second-order valence-electron chi connectivity index (χ2n) is 7.40. The SMILES string of the molecule is Cc1ccc(-c2nnc(CCC(=O)NC(C)c3cccc(OC(C)C)c3)o2)cc1. The minimum Gasteiger partial charge on any atom is -0.491 e. The van der Waals surface area contributed by atoms with E-state index >= 15 is 0 Å². The highest BCUT2D eigenvalue weighted by Crippen LogP contribution is 2.21. The summed E-state index contributed by atoms with van der Waals surface area (Å²) in [5.41, 5.74) is 3.03. The molecule has 0 bridgehead atoms. The van der Waals surface area contributed by atoms with Gasteiger partial charge in [0.25, 0.3) is 0 Å². The van der Waals surface area contributed by atoms with Gasteiger partial charge >= 0.3 is 0 Å². The molecule has 0 fully saturated rings. The van der Waals surface area contributed by atoms with Crippen LogP contribution >= 0.6 is 0 Å². The molecular weight excluding hydrogens is 366 g/mol. The van der Waals surface area contributed by atoms with Gasteiger partial charge in [0.05, 0.1) is 12.1 Å². The van der Waals surface area contributed by atoms with Crippen molar-refractivity contribution in [2.24, 2.45) is 0 Å². The van der Waals surface area contributed by atoms with Crippen LogP contribution in [0.4, 0.5) is 0 Å². The summed E-state index contributed by atoms with van der Waals surface area (Å²) in [6.45, 7) is 7.95. The van der Waals surface area contributed by atoms with Gasteiger partial charge in [-0.05, 0) is 57.5 Å². The van der Waals surface area contributed by atoms with Crippen molar-refractivity contribution in [2.75, 3.05) is 0 Å². The van der Waals surface area contributed by atoms with Crippen LogP contribution in [0, 0.1) is 6.92 Å². The van der Waals surface area contributed by atoms with Crippen LogP contribution in [0.5, 0.6) is 5.75 Å². The van der Waals surface area contributed by atoms with Crippen molar-refractivity contribution >= 4 is 5.91 Å². The molecule has 1 aromatic heterocycles. The van der Waals surface area contributed by atoms with Crippen LogP contribution < -0.4 is 10.1 Å². The Morgan fingerprint density at radius 2 is 1.86 bits per heavy atom. The molecule has 6 nitrogen and oxygen atoms in total. The van der Waals surface area contributed by atoms with Crippen molar-refractivity contribution in [3.05, 3.63) is 65.5 Å². The van der Waals surface area contributed by atoms with E-state index in [0.29, 0.717) is 18.2 Å². The van der Waals surface area contributed by atoms with Gasteiger partial charge in [0.1, 0.15) is 5.75 Å². The molecule has 1 atom stereocenters. The Morgan fingerprint density at radius 1 is 1.10 bits per heavy atom. The van der Waals surface area contributed by atoms with Crippen LogP contribution in [0.1, 0.15) is 50.3 Å². The minimum atomic E-state index is -0.121. The van der Waals surface area contributed by atoms with Crippen LogP contribution in [0.15, 0.2) is 52.9 Å². The summed E-state index contributed by atoms with van der Waals surface area (Å²) in [5, 5.41) is 11.1. The van der Waals surface area contributed by atoms with E-state index in [1.165, 1.54) is 5.56 Å². The number of nitrogens with zero attached hydrogens (tertiary/aromatic N) is 2. The zero-order valence-corrected chi connectivity index (χ0v) is 17.3. The fraction of sp³-hybridized carbons (Fsp3) is 0.348. The Balaban J connectivity index is 1.53. The summed E-state index contributed by atoms with van der Waals surface area (Å²) < 4.78 is 11.4. The molecule has 0 aliphatic rings. The molecule has 0 saturated carbocycles. The van der Waals surface area contributed by atoms with E-state index in [9.17, 15) is 4.79 Å². The number of ether oxygens (including phenoxy) is 1. The van der Waals surface area contributed by atoms with Gasteiger partial charge in [0.2, 0.25) is 17.7 Å². The Morgan fingerprint density at radius 3 is 2.59 bits per heavy atom. The normalized spacial score (nSPS) is 12.0. The van der Waals surface area contributed by atoms with Crippen LogP contribution in [0.2, 0.25) is 0 Å². The molecule has 1 amide bonds. The number of rotatable bonds is 8. The topological polar surface area (TPSA) is 77.2 Å². The zero-order valence-electron chi connectivity index (χ0n) is 17.3. The molecule has 1 unspecified atom stereocenters. The Bertz CT molecular complexity index is 948. The third kappa shape index (κ3) is 5.91. The summed E-state index contributed by atoms with van der Waals surface area (Å²) in [6.07, 6.45) is 0.782. The molecule has 2 aromatic carbocycles. The third-order valence-corrected chi connectivity index (χ3v) is 4.44. The number of amides is 1. The van der Waals surface area contributed by atoms with E-state index in [1.54, 1.807) is 0 Å². The van der Waals surface area contributed by atoms with Crippen LogP contribution in [0.25, 0.3) is 11.5 Å². The highest BCUT2D eigenvalue weighted by molar-refractivity contribution is 5.76. The number of hydrogen-bond donors (Lipinski definition) is 1. The van der Waals surface area contributed by atoms with Crippen LogP contribution in [0.3, 0.4) is 0 Å². The Kier molecular flexibility index (Phi) is 6.65. The predicted octanol–water partition coefficient (Wildman–Crippen LogP) is 4.64. The number of nitrogens with one attached hydrogen (secondary N) is 1. The summed E-state index contributed by atoms with van der Waals surface area (Å²) in [6, 6.07) is 15.5. The molecule has 0 aliphatic carbocycles. The van der Waals surface area contributed by atoms with Gasteiger partial charge < -0.3 is 14.5 Å². The van der Waals surface area contributed by atoms with Crippen molar-refractivity contribution in [3.63, 3.8) is 0 Å². The molecule has 0 radical (unpaired) electrons. The summed E-state index contributed by atoms with van der Waals surface area (Å²) >= 11 is 0. The van der Waals surface area contributed by atoms with Gasteiger partial charge in [-0.3, -0.25) is 4.79 Å². The maximum Gasteiger partial charge on any atom is 0.247 e. The smallest absolute Gasteiger partial charge is 0.247 e. The monoisotopic (exact) mass is 393 g/mol. The first kappa shape index (κ1) is 20.6. The number of aromatic nitrogens is 2. The van der Waals surface area contributed by atoms with E-state index in [2.05, 4.69) is 15.5 Å². The number of carbonyl (C=O) groups excluding carboxylic acids is 1.